The minimum Gasteiger partial charge on any atom is -0.326 e. The molecule has 2 aromatic carbocycles. The van der Waals surface area contributed by atoms with Crippen LogP contribution in [-0.2, 0) is 14.8 Å². The molecule has 2 aromatic rings. The lowest BCUT2D eigenvalue weighted by atomic mass is 9.98. The minimum absolute atomic E-state index is 0.0201. The molecule has 0 bridgehead atoms. The number of carbonyl (C=O) groups is 1. The molecule has 1 unspecified atom stereocenters. The number of nitrogens with one attached hydrogen (secondary N) is 1. The Morgan fingerprint density at radius 3 is 2.67 bits per heavy atom. The average Bonchev–Trinajstić information content (AvgIpc) is 2.68. The highest BCUT2D eigenvalue weighted by molar-refractivity contribution is 7.89. The van der Waals surface area contributed by atoms with Crippen LogP contribution in [0.1, 0.15) is 18.4 Å². The fourth-order valence-corrected chi connectivity index (χ4v) is 4.59. The first-order valence-electron chi connectivity index (χ1n) is 8.53. The number of amides is 1. The molecule has 1 heterocycles. The first-order valence-corrected chi connectivity index (χ1v) is 9.97. The van der Waals surface area contributed by atoms with Crippen LogP contribution in [0.4, 0.5) is 10.1 Å². The molecule has 1 aliphatic heterocycles. The zero-order valence-electron chi connectivity index (χ0n) is 14.6. The van der Waals surface area contributed by atoms with Gasteiger partial charge in [-0.05, 0) is 55.3 Å². The zero-order chi connectivity index (χ0) is 19.4. The standard InChI is InChI=1S/C20H19FN2O3S/c1-2-15-5-3-7-18(13-15)22-20(24)16-6-4-12-23(14-16)27(25,26)19-10-8-17(21)9-11-19/h1,3,5,7-11,13,16H,4,6,12,14H2,(H,22,24). The van der Waals surface area contributed by atoms with Crippen LogP contribution in [-0.4, -0.2) is 31.7 Å². The van der Waals surface area contributed by atoms with Gasteiger partial charge in [0.1, 0.15) is 5.82 Å². The molecule has 1 atom stereocenters. The van der Waals surface area contributed by atoms with Crippen molar-refractivity contribution >= 4 is 21.6 Å². The summed E-state index contributed by atoms with van der Waals surface area (Å²) in [7, 11) is -3.77. The molecule has 7 heteroatoms. The van der Waals surface area contributed by atoms with Crippen molar-refractivity contribution in [1.82, 2.24) is 4.31 Å². The maximum atomic E-state index is 13.1. The highest BCUT2D eigenvalue weighted by Crippen LogP contribution is 2.25. The van der Waals surface area contributed by atoms with Crippen molar-refractivity contribution in [3.63, 3.8) is 0 Å². The Balaban J connectivity index is 1.72. The third-order valence-corrected chi connectivity index (χ3v) is 6.38. The SMILES string of the molecule is C#Cc1cccc(NC(=O)C2CCCN(S(=O)(=O)c3ccc(F)cc3)C2)c1. The molecule has 3 rings (SSSR count). The van der Waals surface area contributed by atoms with Crippen molar-refractivity contribution < 1.29 is 17.6 Å². The molecule has 0 radical (unpaired) electrons. The van der Waals surface area contributed by atoms with Gasteiger partial charge in [-0.15, -0.1) is 6.42 Å². The van der Waals surface area contributed by atoms with Crippen LogP contribution in [0.5, 0.6) is 0 Å². The Kier molecular flexibility index (Phi) is 5.59. The smallest absolute Gasteiger partial charge is 0.243 e. The number of hydrogen-bond donors (Lipinski definition) is 1. The number of rotatable bonds is 4. The number of hydrogen-bond acceptors (Lipinski definition) is 3. The molecular weight excluding hydrogens is 367 g/mol. The van der Waals surface area contributed by atoms with Gasteiger partial charge < -0.3 is 5.32 Å². The predicted molar refractivity (Wildman–Crippen MR) is 101 cm³/mol. The molecule has 1 saturated heterocycles. The Hall–Kier alpha value is -2.69. The number of piperidine rings is 1. The zero-order valence-corrected chi connectivity index (χ0v) is 15.4. The van der Waals surface area contributed by atoms with Gasteiger partial charge in [-0.25, -0.2) is 12.8 Å². The third kappa shape index (κ3) is 4.35. The van der Waals surface area contributed by atoms with Crippen LogP contribution in [0, 0.1) is 24.1 Å². The summed E-state index contributed by atoms with van der Waals surface area (Å²) in [6, 6.07) is 11.6. The molecule has 140 valence electrons. The van der Waals surface area contributed by atoms with E-state index in [1.54, 1.807) is 24.3 Å². The Morgan fingerprint density at radius 1 is 1.22 bits per heavy atom. The fourth-order valence-electron chi connectivity index (χ4n) is 3.06. The second-order valence-electron chi connectivity index (χ2n) is 6.37. The van der Waals surface area contributed by atoms with Crippen LogP contribution in [0.2, 0.25) is 0 Å². The number of carbonyl (C=O) groups excluding carboxylic acids is 1. The number of benzene rings is 2. The Bertz CT molecular complexity index is 981. The van der Waals surface area contributed by atoms with Crippen LogP contribution in [0.15, 0.2) is 53.4 Å². The first-order chi connectivity index (χ1) is 12.9. The van der Waals surface area contributed by atoms with Gasteiger partial charge in [0.15, 0.2) is 0 Å². The van der Waals surface area contributed by atoms with Crippen molar-refractivity contribution in [1.29, 1.82) is 0 Å². The maximum absolute atomic E-state index is 13.1. The molecule has 1 aliphatic rings. The van der Waals surface area contributed by atoms with E-state index < -0.39 is 21.8 Å². The fraction of sp³-hybridized carbons (Fsp3) is 0.250. The van der Waals surface area contributed by atoms with Gasteiger partial charge in [0.25, 0.3) is 0 Å². The van der Waals surface area contributed by atoms with Gasteiger partial charge in [-0.1, -0.05) is 12.0 Å². The van der Waals surface area contributed by atoms with E-state index in [2.05, 4.69) is 11.2 Å². The lowest BCUT2D eigenvalue weighted by Gasteiger charge is -2.31. The van der Waals surface area contributed by atoms with E-state index in [-0.39, 0.29) is 17.3 Å². The first kappa shape index (κ1) is 19.1. The van der Waals surface area contributed by atoms with Crippen molar-refractivity contribution in [3.05, 3.63) is 59.9 Å². The molecular formula is C20H19FN2O3S. The van der Waals surface area contributed by atoms with E-state index >= 15 is 0 Å². The summed E-state index contributed by atoms with van der Waals surface area (Å²) in [4.78, 5) is 12.6. The highest BCUT2D eigenvalue weighted by atomic mass is 32.2. The van der Waals surface area contributed by atoms with Gasteiger partial charge in [-0.3, -0.25) is 4.79 Å². The lowest BCUT2D eigenvalue weighted by molar-refractivity contribution is -0.120. The molecule has 0 aromatic heterocycles. The van der Waals surface area contributed by atoms with E-state index in [9.17, 15) is 17.6 Å². The summed E-state index contributed by atoms with van der Waals surface area (Å²) < 4.78 is 39.9. The normalized spacial score (nSPS) is 17.9. The van der Waals surface area contributed by atoms with E-state index in [1.807, 2.05) is 0 Å². The van der Waals surface area contributed by atoms with E-state index in [0.717, 1.165) is 12.1 Å². The Labute approximate surface area is 158 Å². The number of nitrogens with zero attached hydrogens (tertiary/aromatic N) is 1. The number of sulfonamides is 1. The van der Waals surface area contributed by atoms with Gasteiger partial charge in [0.2, 0.25) is 15.9 Å². The Morgan fingerprint density at radius 2 is 1.96 bits per heavy atom. The topological polar surface area (TPSA) is 66.5 Å². The molecule has 5 nitrogen and oxygen atoms in total. The third-order valence-electron chi connectivity index (χ3n) is 4.50. The molecule has 27 heavy (non-hydrogen) atoms. The second kappa shape index (κ2) is 7.91. The van der Waals surface area contributed by atoms with Gasteiger partial charge in [0, 0.05) is 24.3 Å². The summed E-state index contributed by atoms with van der Waals surface area (Å²) in [6.45, 7) is 0.413. The van der Waals surface area contributed by atoms with Crippen LogP contribution >= 0.6 is 0 Å². The monoisotopic (exact) mass is 386 g/mol. The predicted octanol–water partition coefficient (Wildman–Crippen LogP) is 2.85. The molecule has 1 amide bonds. The van der Waals surface area contributed by atoms with Crippen LogP contribution in [0.3, 0.4) is 0 Å². The molecule has 0 saturated carbocycles. The summed E-state index contributed by atoms with van der Waals surface area (Å²) in [5.41, 5.74) is 1.23. The van der Waals surface area contributed by atoms with Crippen molar-refractivity contribution in [3.8, 4) is 12.3 Å². The number of terminal acetylenes is 1. The highest BCUT2D eigenvalue weighted by Gasteiger charge is 2.33. The molecule has 0 spiro atoms. The van der Waals surface area contributed by atoms with Crippen molar-refractivity contribution in [2.75, 3.05) is 18.4 Å². The van der Waals surface area contributed by atoms with Gasteiger partial charge in [-0.2, -0.15) is 4.31 Å². The summed E-state index contributed by atoms with van der Waals surface area (Å²) in [5, 5.41) is 2.80. The van der Waals surface area contributed by atoms with Gasteiger partial charge >= 0.3 is 0 Å². The second-order valence-corrected chi connectivity index (χ2v) is 8.31. The van der Waals surface area contributed by atoms with Crippen molar-refractivity contribution in [2.24, 2.45) is 5.92 Å². The van der Waals surface area contributed by atoms with Gasteiger partial charge in [0.05, 0.1) is 10.8 Å². The average molecular weight is 386 g/mol. The maximum Gasteiger partial charge on any atom is 0.243 e. The van der Waals surface area contributed by atoms with E-state index in [1.165, 1.54) is 16.4 Å². The number of anilines is 1. The minimum atomic E-state index is -3.77. The summed E-state index contributed by atoms with van der Waals surface area (Å²) in [6.07, 6.45) is 6.53. The summed E-state index contributed by atoms with van der Waals surface area (Å²) in [5.74, 6) is 1.29. The van der Waals surface area contributed by atoms with Crippen LogP contribution in [0.25, 0.3) is 0 Å². The lowest BCUT2D eigenvalue weighted by Crippen LogP contribution is -2.43. The molecule has 1 N–H and O–H groups in total. The summed E-state index contributed by atoms with van der Waals surface area (Å²) >= 11 is 0. The van der Waals surface area contributed by atoms with E-state index in [0.29, 0.717) is 30.6 Å². The van der Waals surface area contributed by atoms with Crippen LogP contribution < -0.4 is 5.32 Å². The number of halogens is 1. The van der Waals surface area contributed by atoms with Crippen molar-refractivity contribution in [2.45, 2.75) is 17.7 Å². The van der Waals surface area contributed by atoms with E-state index in [4.69, 9.17) is 6.42 Å². The quantitative estimate of drug-likeness (QED) is 0.822. The molecule has 1 fully saturated rings. The largest absolute Gasteiger partial charge is 0.326 e. The molecule has 0 aliphatic carbocycles.